The Hall–Kier alpha value is 0.100. The third kappa shape index (κ3) is 1.56. The van der Waals surface area contributed by atoms with Crippen molar-refractivity contribution in [3.05, 3.63) is 0 Å². The molecule has 0 aromatic carbocycles. The van der Waals surface area contributed by atoms with E-state index in [0.29, 0.717) is 8.58 Å². The Morgan fingerprint density at radius 2 is 2.00 bits per heavy atom. The highest BCUT2D eigenvalue weighted by Gasteiger charge is 2.13. The molecule has 0 aromatic rings. The van der Waals surface area contributed by atoms with Crippen molar-refractivity contribution in [2.75, 3.05) is 0 Å². The van der Waals surface area contributed by atoms with Crippen LogP contribution in [0.1, 0.15) is 25.7 Å². The molecule has 1 unspecified atom stereocenters. The summed E-state index contributed by atoms with van der Waals surface area (Å²) in [5, 5.41) is 0. The van der Waals surface area contributed by atoms with Crippen molar-refractivity contribution in [1.29, 1.82) is 0 Å². The van der Waals surface area contributed by atoms with Gasteiger partial charge < -0.3 is 0 Å². The predicted octanol–water partition coefficient (Wildman–Crippen LogP) is 1.80. The van der Waals surface area contributed by atoms with E-state index in [0.717, 1.165) is 11.7 Å². The molecule has 0 aromatic heterocycles. The Morgan fingerprint density at radius 1 is 1.38 bits per heavy atom. The Morgan fingerprint density at radius 3 is 2.50 bits per heavy atom. The summed E-state index contributed by atoms with van der Waals surface area (Å²) in [5.74, 6) is 0. The molecule has 0 spiro atoms. The van der Waals surface area contributed by atoms with Crippen LogP contribution >= 0.6 is 8.58 Å². The quantitative estimate of drug-likeness (QED) is 0.411. The van der Waals surface area contributed by atoms with Gasteiger partial charge >= 0.3 is 0 Å². The monoisotopic (exact) mass is 130 g/mol. The van der Waals surface area contributed by atoms with E-state index < -0.39 is 0 Å². The molecule has 0 N–H and O–H groups in total. The highest BCUT2D eigenvalue weighted by atomic mass is 31.1. The fourth-order valence-electron chi connectivity index (χ4n) is 1.19. The first kappa shape index (κ1) is 6.22. The molecule has 1 rings (SSSR count). The Labute approximate surface area is 51.6 Å². The summed E-state index contributed by atoms with van der Waals surface area (Å²) in [6, 6.07) is 1.08. The number of rotatable bonds is 2. The second-order valence-corrected chi connectivity index (χ2v) is 3.65. The van der Waals surface area contributed by atoms with Crippen LogP contribution in [-0.4, -0.2) is 11.7 Å². The first-order chi connectivity index (χ1) is 3.93. The van der Waals surface area contributed by atoms with Gasteiger partial charge in [-0.15, -0.1) is 0 Å². The first-order valence-corrected chi connectivity index (χ1v) is 4.28. The smallest absolute Gasteiger partial charge is 0.139 e. The van der Waals surface area contributed by atoms with E-state index in [1.165, 1.54) is 25.7 Å². The maximum absolute atomic E-state index is 9.97. The van der Waals surface area contributed by atoms with E-state index in [2.05, 4.69) is 0 Å². The summed E-state index contributed by atoms with van der Waals surface area (Å²) < 4.78 is 0. The van der Waals surface area contributed by atoms with Crippen molar-refractivity contribution in [2.45, 2.75) is 31.3 Å². The van der Waals surface area contributed by atoms with Crippen LogP contribution in [0.4, 0.5) is 0 Å². The van der Waals surface area contributed by atoms with Gasteiger partial charge in [0.25, 0.3) is 0 Å². The maximum atomic E-state index is 9.97. The summed E-state index contributed by atoms with van der Waals surface area (Å²) in [6.45, 7) is 0. The van der Waals surface area contributed by atoms with Gasteiger partial charge in [0, 0.05) is 0 Å². The summed E-state index contributed by atoms with van der Waals surface area (Å²) in [7, 11) is 0.588. The molecule has 8 heavy (non-hydrogen) atoms. The molecule has 1 fully saturated rings. The van der Waals surface area contributed by atoms with Gasteiger partial charge in [0.2, 0.25) is 0 Å². The van der Waals surface area contributed by atoms with E-state index in [9.17, 15) is 4.79 Å². The first-order valence-electron chi connectivity index (χ1n) is 3.13. The molecule has 0 saturated heterocycles. The van der Waals surface area contributed by atoms with Gasteiger partial charge in [0.1, 0.15) is 6.03 Å². The minimum absolute atomic E-state index is 0.588. The van der Waals surface area contributed by atoms with E-state index in [-0.39, 0.29) is 0 Å². The second-order valence-electron chi connectivity index (χ2n) is 2.27. The summed E-state index contributed by atoms with van der Waals surface area (Å²) in [4.78, 5) is 9.97. The topological polar surface area (TPSA) is 17.1 Å². The van der Waals surface area contributed by atoms with Crippen molar-refractivity contribution >= 4 is 14.6 Å². The molecule has 1 atom stereocenters. The largest absolute Gasteiger partial charge is 0.299 e. The fourth-order valence-corrected chi connectivity index (χ4v) is 2.12. The van der Waals surface area contributed by atoms with Crippen molar-refractivity contribution in [3.63, 3.8) is 0 Å². The molecule has 0 radical (unpaired) electrons. The average molecular weight is 130 g/mol. The van der Waals surface area contributed by atoms with Crippen LogP contribution in [0.25, 0.3) is 0 Å². The summed E-state index contributed by atoms with van der Waals surface area (Å²) in [5.41, 5.74) is 0.771. The van der Waals surface area contributed by atoms with Crippen LogP contribution < -0.4 is 0 Å². The van der Waals surface area contributed by atoms with E-state index in [1.807, 2.05) is 0 Å². The Balaban J connectivity index is 2.14. The standard InChI is InChI=1S/C6H11OP/c7-5-8-6-3-1-2-4-6/h5-6,8H,1-4H2. The number of hydrogen-bond acceptors (Lipinski definition) is 1. The molecule has 0 heterocycles. The molecular formula is C6H11OP. The van der Waals surface area contributed by atoms with Gasteiger partial charge in [-0.1, -0.05) is 21.4 Å². The van der Waals surface area contributed by atoms with Crippen LogP contribution in [0.3, 0.4) is 0 Å². The number of hydrogen-bond donors (Lipinski definition) is 0. The molecule has 2 heteroatoms. The van der Waals surface area contributed by atoms with Gasteiger partial charge in [0.05, 0.1) is 0 Å². The number of carbonyl (C=O) groups is 1. The van der Waals surface area contributed by atoms with Gasteiger partial charge in [-0.3, -0.25) is 4.79 Å². The Kier molecular flexibility index (Phi) is 2.48. The zero-order valence-corrected chi connectivity index (χ0v) is 5.89. The highest BCUT2D eigenvalue weighted by molar-refractivity contribution is 7.55. The minimum atomic E-state index is 0.588. The Bertz CT molecular complexity index is 76.6. The van der Waals surface area contributed by atoms with Gasteiger partial charge in [-0.05, 0) is 18.5 Å². The lowest BCUT2D eigenvalue weighted by atomic mass is 10.4. The summed E-state index contributed by atoms with van der Waals surface area (Å²) >= 11 is 0. The normalized spacial score (nSPS) is 23.0. The lowest BCUT2D eigenvalue weighted by Gasteiger charge is -1.99. The maximum Gasteiger partial charge on any atom is 0.139 e. The minimum Gasteiger partial charge on any atom is -0.299 e. The molecular weight excluding hydrogens is 119 g/mol. The van der Waals surface area contributed by atoms with E-state index in [4.69, 9.17) is 0 Å². The third-order valence-corrected chi connectivity index (χ3v) is 2.84. The molecule has 1 aliphatic rings. The lowest BCUT2D eigenvalue weighted by Crippen LogP contribution is -1.88. The van der Waals surface area contributed by atoms with Gasteiger partial charge in [-0.25, -0.2) is 0 Å². The zero-order chi connectivity index (χ0) is 5.82. The van der Waals surface area contributed by atoms with Crippen molar-refractivity contribution in [3.8, 4) is 0 Å². The third-order valence-electron chi connectivity index (χ3n) is 1.66. The lowest BCUT2D eigenvalue weighted by molar-refractivity contribution is 0.569. The molecule has 1 nitrogen and oxygen atoms in total. The van der Waals surface area contributed by atoms with E-state index >= 15 is 0 Å². The second kappa shape index (κ2) is 3.19. The molecule has 0 bridgehead atoms. The molecule has 0 amide bonds. The molecule has 0 aliphatic heterocycles. The highest BCUT2D eigenvalue weighted by Crippen LogP contribution is 2.31. The number of carbonyl (C=O) groups excluding carboxylic acids is 1. The van der Waals surface area contributed by atoms with Gasteiger partial charge in [-0.2, -0.15) is 0 Å². The molecule has 1 aliphatic carbocycles. The average Bonchev–Trinajstić information content (AvgIpc) is 2.19. The summed E-state index contributed by atoms with van der Waals surface area (Å²) in [6.07, 6.45) is 5.31. The van der Waals surface area contributed by atoms with E-state index in [1.54, 1.807) is 0 Å². The molecule has 1 saturated carbocycles. The van der Waals surface area contributed by atoms with Crippen LogP contribution in [0, 0.1) is 0 Å². The van der Waals surface area contributed by atoms with Crippen LogP contribution in [0.2, 0.25) is 0 Å². The zero-order valence-electron chi connectivity index (χ0n) is 4.89. The SMILES string of the molecule is O=CPC1CCCC1. The van der Waals surface area contributed by atoms with Crippen molar-refractivity contribution in [1.82, 2.24) is 0 Å². The van der Waals surface area contributed by atoms with Crippen LogP contribution in [0.15, 0.2) is 0 Å². The molecule has 46 valence electrons. The van der Waals surface area contributed by atoms with Crippen molar-refractivity contribution in [2.24, 2.45) is 0 Å². The fraction of sp³-hybridized carbons (Fsp3) is 0.833. The van der Waals surface area contributed by atoms with Crippen LogP contribution in [-0.2, 0) is 4.79 Å². The predicted molar refractivity (Wildman–Crippen MR) is 37.3 cm³/mol. The van der Waals surface area contributed by atoms with Crippen molar-refractivity contribution < 1.29 is 4.79 Å². The van der Waals surface area contributed by atoms with Crippen LogP contribution in [0.5, 0.6) is 0 Å². The van der Waals surface area contributed by atoms with Gasteiger partial charge in [0.15, 0.2) is 0 Å².